The van der Waals surface area contributed by atoms with Crippen LogP contribution in [0, 0.1) is 6.92 Å². The molecule has 4 aromatic rings. The number of aryl methyl sites for hydroxylation is 1. The third-order valence-corrected chi connectivity index (χ3v) is 5.56. The summed E-state index contributed by atoms with van der Waals surface area (Å²) in [6.45, 7) is 2.05. The average molecular weight is 362 g/mol. The summed E-state index contributed by atoms with van der Waals surface area (Å²) in [5, 5.41) is 4.76. The van der Waals surface area contributed by atoms with Gasteiger partial charge < -0.3 is 0 Å². The lowest BCUT2D eigenvalue weighted by Gasteiger charge is -2.06. The van der Waals surface area contributed by atoms with Crippen LogP contribution in [0.1, 0.15) is 5.56 Å². The Hall–Kier alpha value is -2.92. The second kappa shape index (κ2) is 6.11. The van der Waals surface area contributed by atoms with E-state index in [1.165, 1.54) is 11.8 Å². The van der Waals surface area contributed by atoms with Gasteiger partial charge >= 0.3 is 0 Å². The monoisotopic (exact) mass is 362 g/mol. The van der Waals surface area contributed by atoms with Gasteiger partial charge in [0.05, 0.1) is 10.4 Å². The van der Waals surface area contributed by atoms with Gasteiger partial charge in [0.1, 0.15) is 5.69 Å². The van der Waals surface area contributed by atoms with Crippen molar-refractivity contribution in [1.82, 2.24) is 9.61 Å². The minimum Gasteiger partial charge on any atom is -0.240 e. The molecule has 0 aliphatic rings. The molecular formula is C21H18N2O2S. The molecule has 0 bridgehead atoms. The number of benzene rings is 2. The van der Waals surface area contributed by atoms with Crippen LogP contribution in [0.5, 0.6) is 0 Å². The van der Waals surface area contributed by atoms with Gasteiger partial charge in [-0.25, -0.2) is 12.9 Å². The Morgan fingerprint density at radius 1 is 0.846 bits per heavy atom. The van der Waals surface area contributed by atoms with Crippen molar-refractivity contribution in [2.24, 2.45) is 0 Å². The van der Waals surface area contributed by atoms with E-state index in [1.807, 2.05) is 41.0 Å². The van der Waals surface area contributed by atoms with Crippen LogP contribution in [0.4, 0.5) is 0 Å². The highest BCUT2D eigenvalue weighted by molar-refractivity contribution is 7.90. The lowest BCUT2D eigenvalue weighted by Crippen LogP contribution is -1.96. The lowest BCUT2D eigenvalue weighted by atomic mass is 9.99. The predicted octanol–water partition coefficient (Wildman–Crippen LogP) is 4.38. The zero-order chi connectivity index (χ0) is 18.3. The largest absolute Gasteiger partial charge is 0.240 e. The smallest absolute Gasteiger partial charge is 0.175 e. The van der Waals surface area contributed by atoms with Crippen molar-refractivity contribution in [2.75, 3.05) is 6.26 Å². The number of nitrogens with zero attached hydrogens (tertiary/aromatic N) is 2. The van der Waals surface area contributed by atoms with Crippen LogP contribution in [-0.4, -0.2) is 24.3 Å². The number of hydrogen-bond acceptors (Lipinski definition) is 3. The van der Waals surface area contributed by atoms with Gasteiger partial charge in [0.15, 0.2) is 9.84 Å². The van der Waals surface area contributed by atoms with Crippen LogP contribution >= 0.6 is 0 Å². The fraction of sp³-hybridized carbons (Fsp3) is 0.0952. The molecule has 26 heavy (non-hydrogen) atoms. The topological polar surface area (TPSA) is 51.4 Å². The molecule has 2 aromatic heterocycles. The molecular weight excluding hydrogens is 344 g/mol. The molecule has 0 N–H and O–H groups in total. The first-order valence-electron chi connectivity index (χ1n) is 8.28. The number of fused-ring (bicyclic) bond motifs is 1. The maximum Gasteiger partial charge on any atom is 0.175 e. The summed E-state index contributed by atoms with van der Waals surface area (Å²) in [6.07, 6.45) is 3.14. The lowest BCUT2D eigenvalue weighted by molar-refractivity contribution is 0.602. The van der Waals surface area contributed by atoms with E-state index in [0.717, 1.165) is 27.9 Å². The van der Waals surface area contributed by atoms with Crippen LogP contribution in [0.25, 0.3) is 27.9 Å². The fourth-order valence-corrected chi connectivity index (χ4v) is 3.70. The maximum absolute atomic E-state index is 11.7. The van der Waals surface area contributed by atoms with Crippen molar-refractivity contribution in [2.45, 2.75) is 11.8 Å². The minimum absolute atomic E-state index is 0.314. The quantitative estimate of drug-likeness (QED) is 0.543. The van der Waals surface area contributed by atoms with E-state index >= 15 is 0 Å². The highest BCUT2D eigenvalue weighted by Gasteiger charge is 2.17. The van der Waals surface area contributed by atoms with Gasteiger partial charge in [0.2, 0.25) is 0 Å². The van der Waals surface area contributed by atoms with E-state index in [2.05, 4.69) is 31.2 Å². The van der Waals surface area contributed by atoms with Gasteiger partial charge in [-0.2, -0.15) is 5.10 Å². The Balaban J connectivity index is 1.96. The third-order valence-electron chi connectivity index (χ3n) is 4.44. The molecule has 130 valence electrons. The van der Waals surface area contributed by atoms with Crippen LogP contribution in [0.3, 0.4) is 0 Å². The molecule has 0 saturated heterocycles. The van der Waals surface area contributed by atoms with Crippen LogP contribution in [0.15, 0.2) is 77.8 Å². The number of aromatic nitrogens is 2. The van der Waals surface area contributed by atoms with E-state index in [4.69, 9.17) is 5.10 Å². The zero-order valence-corrected chi connectivity index (χ0v) is 15.4. The summed E-state index contributed by atoms with van der Waals surface area (Å²) >= 11 is 0. The molecule has 0 unspecified atom stereocenters. The summed E-state index contributed by atoms with van der Waals surface area (Å²) < 4.78 is 25.3. The molecule has 0 spiro atoms. The number of sulfone groups is 1. The van der Waals surface area contributed by atoms with Crippen molar-refractivity contribution in [3.63, 3.8) is 0 Å². The average Bonchev–Trinajstić information content (AvgIpc) is 3.01. The second-order valence-electron chi connectivity index (χ2n) is 6.42. The Kier molecular flexibility index (Phi) is 3.89. The molecule has 0 amide bonds. The van der Waals surface area contributed by atoms with Gasteiger partial charge in [-0.15, -0.1) is 0 Å². The second-order valence-corrected chi connectivity index (χ2v) is 8.43. The molecule has 0 atom stereocenters. The number of pyridine rings is 1. The Morgan fingerprint density at radius 3 is 2.15 bits per heavy atom. The first-order valence-corrected chi connectivity index (χ1v) is 10.2. The Morgan fingerprint density at radius 2 is 1.50 bits per heavy atom. The van der Waals surface area contributed by atoms with E-state index in [-0.39, 0.29) is 0 Å². The fourth-order valence-electron chi connectivity index (χ4n) is 3.07. The van der Waals surface area contributed by atoms with Gasteiger partial charge in [-0.1, -0.05) is 48.0 Å². The molecule has 0 fully saturated rings. The molecule has 0 saturated carbocycles. The van der Waals surface area contributed by atoms with Crippen LogP contribution in [-0.2, 0) is 9.84 Å². The van der Waals surface area contributed by atoms with E-state index in [1.54, 1.807) is 12.1 Å². The number of rotatable bonds is 3. The maximum atomic E-state index is 11.7. The zero-order valence-electron chi connectivity index (χ0n) is 14.5. The minimum atomic E-state index is -3.22. The van der Waals surface area contributed by atoms with E-state index in [9.17, 15) is 8.42 Å². The molecule has 5 heteroatoms. The van der Waals surface area contributed by atoms with Crippen molar-refractivity contribution in [3.8, 4) is 22.4 Å². The van der Waals surface area contributed by atoms with Gasteiger partial charge in [0.25, 0.3) is 0 Å². The molecule has 2 aromatic carbocycles. The predicted molar refractivity (Wildman–Crippen MR) is 104 cm³/mol. The summed E-state index contributed by atoms with van der Waals surface area (Å²) in [6, 6.07) is 21.2. The highest BCUT2D eigenvalue weighted by Crippen LogP contribution is 2.35. The summed E-state index contributed by atoms with van der Waals surface area (Å²) in [4.78, 5) is 0.314. The van der Waals surface area contributed by atoms with Gasteiger partial charge in [-0.3, -0.25) is 0 Å². The van der Waals surface area contributed by atoms with Crippen molar-refractivity contribution in [3.05, 3.63) is 78.5 Å². The van der Waals surface area contributed by atoms with Crippen molar-refractivity contribution < 1.29 is 8.42 Å². The molecule has 4 nitrogen and oxygen atoms in total. The van der Waals surface area contributed by atoms with E-state index in [0.29, 0.717) is 4.90 Å². The standard InChI is InChI=1S/C21H18N2O2S/c1-15-6-8-17(9-7-15)21-20(19-5-3-4-14-23(19)22-21)16-10-12-18(13-11-16)26(2,24)25/h3-14H,1-2H3. The summed E-state index contributed by atoms with van der Waals surface area (Å²) in [7, 11) is -3.22. The normalized spacial score (nSPS) is 11.8. The van der Waals surface area contributed by atoms with Crippen LogP contribution in [0.2, 0.25) is 0 Å². The first-order chi connectivity index (χ1) is 12.4. The van der Waals surface area contributed by atoms with Crippen molar-refractivity contribution in [1.29, 1.82) is 0 Å². The van der Waals surface area contributed by atoms with Crippen LogP contribution < -0.4 is 0 Å². The summed E-state index contributed by atoms with van der Waals surface area (Å²) in [5.41, 5.74) is 6.01. The molecule has 0 aliphatic heterocycles. The van der Waals surface area contributed by atoms with Gasteiger partial charge in [0, 0.05) is 23.6 Å². The third kappa shape index (κ3) is 2.91. The summed E-state index contributed by atoms with van der Waals surface area (Å²) in [5.74, 6) is 0. The molecule has 0 radical (unpaired) electrons. The van der Waals surface area contributed by atoms with E-state index < -0.39 is 9.84 Å². The molecule has 4 rings (SSSR count). The molecule has 2 heterocycles. The van der Waals surface area contributed by atoms with Crippen molar-refractivity contribution >= 4 is 15.4 Å². The highest BCUT2D eigenvalue weighted by atomic mass is 32.2. The Bertz CT molecular complexity index is 1190. The Labute approximate surface area is 152 Å². The molecule has 0 aliphatic carbocycles. The number of hydrogen-bond donors (Lipinski definition) is 0. The SMILES string of the molecule is Cc1ccc(-c2nn3ccccc3c2-c2ccc(S(C)(=O)=O)cc2)cc1. The first kappa shape index (κ1) is 16.5. The van der Waals surface area contributed by atoms with Gasteiger partial charge in [-0.05, 0) is 36.8 Å².